The van der Waals surface area contributed by atoms with Crippen LogP contribution in [0.1, 0.15) is 203 Å². The lowest BCUT2D eigenvalue weighted by molar-refractivity contribution is -0.139. The van der Waals surface area contributed by atoms with Crippen LogP contribution in [0.4, 0.5) is 50.7 Å². The van der Waals surface area contributed by atoms with Crippen molar-refractivity contribution in [3.63, 3.8) is 0 Å². The normalized spacial score (nSPS) is 20.6. The van der Waals surface area contributed by atoms with Gasteiger partial charge in [0, 0.05) is 48.9 Å². The summed E-state index contributed by atoms with van der Waals surface area (Å²) in [5.41, 5.74) is 10.8. The van der Waals surface area contributed by atoms with Crippen molar-refractivity contribution in [2.24, 2.45) is 23.7 Å². The van der Waals surface area contributed by atoms with Crippen molar-refractivity contribution in [1.29, 1.82) is 0 Å². The number of hydrogen-bond donors (Lipinski definition) is 8. The maximum Gasteiger partial charge on any atom is 0.407 e. The van der Waals surface area contributed by atoms with Gasteiger partial charge in [-0.1, -0.05) is 128 Å². The second-order valence-electron chi connectivity index (χ2n) is 35.0. The SMILES string of the molecule is COC(=O)N[C@H](C(=O)N1CCC[C@H]1C(=O)Nc1ccc([C@@H]2CC[C@@H](c3ccc(-c4cnc([C@@H]5CCCN5C(=O)[C@@H](NC(=O)OC)C(C)C)[nH]4)cc3)N2c2ccc(F)cc2)cc1)C(C)C.COC(=O)N[C@H](C(=O)N1CCC[C@H]1C(=O)Nc1ccc([C@H]2CC[C@H](c3ccc(-c4cnc([C@@H]5CCCN5C(=O)[C@@H](NC(=O)OC)C(C)C)[nH]4)cc3)N2c2ccc(F)cc2)cc1)C(C)C. The molecular formula is C96H118F2N16O14. The van der Waals surface area contributed by atoms with Crippen LogP contribution >= 0.6 is 0 Å². The number of rotatable bonds is 26. The van der Waals surface area contributed by atoms with Gasteiger partial charge in [-0.2, -0.15) is 0 Å². The minimum absolute atomic E-state index is 0.0130. The number of hydrogen-bond acceptors (Lipinski definition) is 18. The number of H-pyrrole nitrogens is 2. The number of aromatic nitrogens is 4. The van der Waals surface area contributed by atoms with Crippen LogP contribution in [0, 0.1) is 35.3 Å². The van der Waals surface area contributed by atoms with Crippen LogP contribution in [0.3, 0.4) is 0 Å². The van der Waals surface area contributed by atoms with Crippen LogP contribution in [0.15, 0.2) is 158 Å². The van der Waals surface area contributed by atoms with E-state index in [1.54, 1.807) is 56.3 Å². The summed E-state index contributed by atoms with van der Waals surface area (Å²) in [5.74, 6) is -1.47. The minimum Gasteiger partial charge on any atom is -0.453 e. The van der Waals surface area contributed by atoms with E-state index in [-0.39, 0.29) is 107 Å². The number of carbonyl (C=O) groups excluding carboxylic acids is 10. The molecule has 6 aliphatic rings. The maximum atomic E-state index is 14.2. The molecule has 0 bridgehead atoms. The number of halogens is 2. The average Bonchev–Trinajstić information content (AvgIpc) is 1.62. The van der Waals surface area contributed by atoms with Crippen LogP contribution in [-0.4, -0.2) is 190 Å². The average molecular weight is 1760 g/mol. The second-order valence-corrected chi connectivity index (χ2v) is 35.0. The number of aromatic amines is 2. The van der Waals surface area contributed by atoms with E-state index in [2.05, 4.69) is 100 Å². The standard InChI is InChI=1S/2C48H59FN8O7/c2*1-28(2)41(53-47(61)63-5)45(59)55-25-7-9-39(55)43-50-27-36(52-43)30-11-13-31(14-12-30)37-23-24-38(57(37)35-21-17-33(49)18-22-35)32-15-19-34(20-16-32)51-44(58)40-10-8-26-56(40)46(60)42(29(3)4)54-48(62)64-6/h2*11-22,27-29,37-42H,7-10,23-26H2,1-6H3,(H,50,52)(H,51,58)(H,53,61)(H,54,62)/t37-,38-,39+,40+,41+,42+;37-,38-,39-,40-,41-,42-/m10/s1. The first-order valence-corrected chi connectivity index (χ1v) is 44.3. The van der Waals surface area contributed by atoms with Gasteiger partial charge in [0.25, 0.3) is 0 Å². The highest BCUT2D eigenvalue weighted by Gasteiger charge is 2.45. The topological polar surface area (TPSA) is 357 Å². The molecule has 10 amide bonds. The Hall–Kier alpha value is -12.9. The van der Waals surface area contributed by atoms with Crippen LogP contribution in [0.25, 0.3) is 22.5 Å². The number of anilines is 4. The number of imidazole rings is 2. The van der Waals surface area contributed by atoms with Crippen molar-refractivity contribution in [2.45, 2.75) is 205 Å². The summed E-state index contributed by atoms with van der Waals surface area (Å²) in [5, 5.41) is 16.6. The molecule has 8 N–H and O–H groups in total. The van der Waals surface area contributed by atoms with E-state index in [1.165, 1.54) is 52.7 Å². The van der Waals surface area contributed by atoms with Gasteiger partial charge in [0.05, 0.1) is 88.5 Å². The Bertz CT molecular complexity index is 4890. The zero-order chi connectivity index (χ0) is 91.3. The molecule has 12 atom stereocenters. The van der Waals surface area contributed by atoms with Crippen molar-refractivity contribution in [3.05, 3.63) is 204 Å². The molecule has 6 aliphatic heterocycles. The van der Waals surface area contributed by atoms with Crippen molar-refractivity contribution < 1.29 is 75.7 Å². The number of nitrogens with one attached hydrogen (secondary N) is 8. The number of amides is 10. The molecule has 30 nitrogen and oxygen atoms in total. The zero-order valence-corrected chi connectivity index (χ0v) is 74.6. The molecule has 0 saturated carbocycles. The number of benzene rings is 6. The van der Waals surface area contributed by atoms with Crippen molar-refractivity contribution in [2.75, 3.05) is 75.1 Å². The quantitative estimate of drug-likeness (QED) is 0.0233. The Labute approximate surface area is 745 Å². The summed E-state index contributed by atoms with van der Waals surface area (Å²) in [6.45, 7) is 16.8. The van der Waals surface area contributed by atoms with Crippen LogP contribution in [0.5, 0.6) is 0 Å². The molecule has 128 heavy (non-hydrogen) atoms. The van der Waals surface area contributed by atoms with Gasteiger partial charge in [-0.05, 0) is 207 Å². The minimum atomic E-state index is -0.821. The number of nitrogens with zero attached hydrogens (tertiary/aromatic N) is 8. The van der Waals surface area contributed by atoms with E-state index in [4.69, 9.17) is 28.9 Å². The Morgan fingerprint density at radius 2 is 0.609 bits per heavy atom. The summed E-state index contributed by atoms with van der Waals surface area (Å²) in [4.78, 5) is 157. The van der Waals surface area contributed by atoms with Gasteiger partial charge in [-0.15, -0.1) is 0 Å². The molecule has 0 aliphatic carbocycles. The highest BCUT2D eigenvalue weighted by molar-refractivity contribution is 6.00. The third kappa shape index (κ3) is 21.2. The molecule has 0 spiro atoms. The maximum absolute atomic E-state index is 14.2. The van der Waals surface area contributed by atoms with Gasteiger partial charge >= 0.3 is 24.4 Å². The van der Waals surface area contributed by atoms with Crippen molar-refractivity contribution in [3.8, 4) is 22.5 Å². The highest BCUT2D eigenvalue weighted by Crippen LogP contribution is 2.50. The Kier molecular flexibility index (Phi) is 30.2. The lowest BCUT2D eigenvalue weighted by Gasteiger charge is -2.33. The molecule has 32 heteroatoms. The Morgan fingerprint density at radius 1 is 0.344 bits per heavy atom. The summed E-state index contributed by atoms with van der Waals surface area (Å²) in [6.07, 6.45) is 9.74. The number of methoxy groups -OCH3 is 4. The van der Waals surface area contributed by atoms with E-state index in [0.29, 0.717) is 74.9 Å². The van der Waals surface area contributed by atoms with Crippen molar-refractivity contribution >= 4 is 82.6 Å². The molecule has 8 aromatic rings. The lowest BCUT2D eigenvalue weighted by Crippen LogP contribution is -2.54. The lowest BCUT2D eigenvalue weighted by atomic mass is 10.0. The van der Waals surface area contributed by atoms with Gasteiger partial charge in [-0.25, -0.2) is 37.9 Å². The van der Waals surface area contributed by atoms with Crippen LogP contribution < -0.4 is 41.7 Å². The molecule has 0 radical (unpaired) electrons. The molecule has 14 rings (SSSR count). The first-order valence-electron chi connectivity index (χ1n) is 44.3. The third-order valence-corrected chi connectivity index (χ3v) is 25.5. The fourth-order valence-corrected chi connectivity index (χ4v) is 18.7. The largest absolute Gasteiger partial charge is 0.453 e. The first-order chi connectivity index (χ1) is 61.5. The van der Waals surface area contributed by atoms with Gasteiger partial charge < -0.3 is 90.2 Å². The molecule has 8 heterocycles. The molecule has 6 aromatic carbocycles. The van der Waals surface area contributed by atoms with Crippen LogP contribution in [0.2, 0.25) is 0 Å². The molecule has 6 saturated heterocycles. The van der Waals surface area contributed by atoms with Gasteiger partial charge in [0.1, 0.15) is 59.5 Å². The number of alkyl carbamates (subject to hydrolysis) is 4. The molecular weight excluding hydrogens is 1640 g/mol. The molecule has 0 unspecified atom stereocenters. The van der Waals surface area contributed by atoms with E-state index < -0.39 is 60.6 Å². The summed E-state index contributed by atoms with van der Waals surface area (Å²) >= 11 is 0. The van der Waals surface area contributed by atoms with Gasteiger partial charge in [0.15, 0.2) is 0 Å². The van der Waals surface area contributed by atoms with Gasteiger partial charge in [-0.3, -0.25) is 28.8 Å². The van der Waals surface area contributed by atoms with E-state index in [9.17, 15) is 56.7 Å². The highest BCUT2D eigenvalue weighted by atomic mass is 19.1. The number of ether oxygens (including phenoxy) is 4. The van der Waals surface area contributed by atoms with E-state index in [1.807, 2.05) is 104 Å². The fourth-order valence-electron chi connectivity index (χ4n) is 18.7. The van der Waals surface area contributed by atoms with Crippen LogP contribution in [-0.2, 0) is 47.7 Å². The summed E-state index contributed by atoms with van der Waals surface area (Å²) in [6, 6.07) is 40.3. The van der Waals surface area contributed by atoms with Crippen molar-refractivity contribution in [1.82, 2.24) is 60.8 Å². The summed E-state index contributed by atoms with van der Waals surface area (Å²) < 4.78 is 47.5. The Balaban J connectivity index is 0.000000219. The second kappa shape index (κ2) is 41.7. The fraction of sp³-hybridized carbons (Fsp3) is 0.458. The smallest absolute Gasteiger partial charge is 0.407 e. The predicted octanol–water partition coefficient (Wildman–Crippen LogP) is 15.3. The molecule has 6 fully saturated rings. The predicted molar refractivity (Wildman–Crippen MR) is 479 cm³/mol. The first kappa shape index (κ1) is 92.8. The summed E-state index contributed by atoms with van der Waals surface area (Å²) in [7, 11) is 5.05. The molecule has 680 valence electrons. The van der Waals surface area contributed by atoms with Gasteiger partial charge in [0.2, 0.25) is 35.4 Å². The monoisotopic (exact) mass is 1760 g/mol. The number of carbonyl (C=O) groups is 10. The van der Waals surface area contributed by atoms with E-state index >= 15 is 0 Å². The molecule has 2 aromatic heterocycles. The van der Waals surface area contributed by atoms with E-state index in [0.717, 1.165) is 108 Å². The number of likely N-dealkylation sites (tertiary alicyclic amines) is 4. The third-order valence-electron chi connectivity index (χ3n) is 25.5. The Morgan fingerprint density at radius 3 is 0.891 bits per heavy atom. The zero-order valence-electron chi connectivity index (χ0n) is 74.6.